The van der Waals surface area contributed by atoms with Gasteiger partial charge < -0.3 is 19.8 Å². The Morgan fingerprint density at radius 1 is 1.10 bits per heavy atom. The van der Waals surface area contributed by atoms with Crippen LogP contribution in [0.5, 0.6) is 5.75 Å². The number of H-pyrrole nitrogens is 1. The van der Waals surface area contributed by atoms with Gasteiger partial charge in [-0.15, -0.1) is 0 Å². The normalized spacial score (nSPS) is 15.9. The van der Waals surface area contributed by atoms with Gasteiger partial charge >= 0.3 is 0 Å². The number of rotatable bonds is 8. The minimum absolute atomic E-state index is 0.286. The lowest BCUT2D eigenvalue weighted by Gasteiger charge is -2.35. The summed E-state index contributed by atoms with van der Waals surface area (Å²) in [5, 5.41) is 3.58. The first-order valence-electron chi connectivity index (χ1n) is 10.1. The predicted octanol–water partition coefficient (Wildman–Crippen LogP) is 3.25. The van der Waals surface area contributed by atoms with E-state index in [0.29, 0.717) is 6.54 Å². The van der Waals surface area contributed by atoms with Crippen LogP contribution in [0.1, 0.15) is 17.4 Å². The smallest absolute Gasteiger partial charge is 0.120 e. The first-order chi connectivity index (χ1) is 14.3. The number of hydrogen-bond donors (Lipinski definition) is 2. The van der Waals surface area contributed by atoms with Gasteiger partial charge in [0, 0.05) is 25.7 Å². The molecule has 0 saturated carbocycles. The molecule has 3 aromatic rings. The van der Waals surface area contributed by atoms with Crippen LogP contribution in [0.4, 0.5) is 0 Å². The van der Waals surface area contributed by atoms with E-state index in [1.165, 1.54) is 5.56 Å². The van der Waals surface area contributed by atoms with E-state index in [-0.39, 0.29) is 6.04 Å². The van der Waals surface area contributed by atoms with E-state index in [4.69, 9.17) is 9.47 Å². The minimum atomic E-state index is 0.286. The summed E-state index contributed by atoms with van der Waals surface area (Å²) < 4.78 is 10.9. The minimum Gasteiger partial charge on any atom is -0.497 e. The van der Waals surface area contributed by atoms with Gasteiger partial charge in [-0.3, -0.25) is 4.90 Å². The molecule has 0 spiro atoms. The van der Waals surface area contributed by atoms with Gasteiger partial charge in [-0.05, 0) is 23.3 Å². The molecule has 0 bridgehead atoms. The molecule has 29 heavy (non-hydrogen) atoms. The maximum Gasteiger partial charge on any atom is 0.120 e. The number of nitrogens with one attached hydrogen (secondary N) is 2. The standard InChI is InChI=1S/C23H28N4O2/c1-28-20-9-7-19(8-10-20)22(27-11-13-29-14-12-27)16-24-17-23-25-15-21(26-23)18-5-3-2-4-6-18/h2-10,15,22,24H,11-14,16-17H2,1H3,(H,25,26). The van der Waals surface area contributed by atoms with Crippen molar-refractivity contribution in [2.24, 2.45) is 0 Å². The number of benzene rings is 2. The molecule has 1 unspecified atom stereocenters. The maximum absolute atomic E-state index is 5.54. The molecule has 1 saturated heterocycles. The Morgan fingerprint density at radius 3 is 2.59 bits per heavy atom. The number of nitrogens with zero attached hydrogens (tertiary/aromatic N) is 2. The Hall–Kier alpha value is -2.67. The van der Waals surface area contributed by atoms with Gasteiger partial charge in [0.15, 0.2) is 0 Å². The van der Waals surface area contributed by atoms with Crippen LogP contribution in [-0.2, 0) is 11.3 Å². The third kappa shape index (κ3) is 5.03. The van der Waals surface area contributed by atoms with Gasteiger partial charge in [-0.1, -0.05) is 42.5 Å². The number of methoxy groups -OCH3 is 1. The van der Waals surface area contributed by atoms with E-state index in [1.807, 2.05) is 36.5 Å². The zero-order chi connectivity index (χ0) is 19.9. The fourth-order valence-electron chi connectivity index (χ4n) is 3.72. The second-order valence-corrected chi connectivity index (χ2v) is 7.18. The molecule has 2 heterocycles. The Labute approximate surface area is 171 Å². The van der Waals surface area contributed by atoms with Crippen molar-refractivity contribution in [3.8, 4) is 17.0 Å². The van der Waals surface area contributed by atoms with Crippen LogP contribution in [-0.4, -0.2) is 54.8 Å². The molecule has 152 valence electrons. The molecule has 1 aliphatic heterocycles. The number of morpholine rings is 1. The molecule has 6 nitrogen and oxygen atoms in total. The Balaban J connectivity index is 1.40. The van der Waals surface area contributed by atoms with E-state index in [1.54, 1.807) is 7.11 Å². The summed E-state index contributed by atoms with van der Waals surface area (Å²) in [6.45, 7) is 4.99. The number of hydrogen-bond acceptors (Lipinski definition) is 5. The molecule has 1 aliphatic rings. The Bertz CT molecular complexity index is 873. The second kappa shape index (κ2) is 9.69. The molecule has 0 aliphatic carbocycles. The van der Waals surface area contributed by atoms with E-state index < -0.39 is 0 Å². The molecular weight excluding hydrogens is 364 g/mol. The lowest BCUT2D eigenvalue weighted by molar-refractivity contribution is 0.0160. The summed E-state index contributed by atoms with van der Waals surface area (Å²) in [5.41, 5.74) is 3.47. The number of aromatic amines is 1. The largest absolute Gasteiger partial charge is 0.497 e. The van der Waals surface area contributed by atoms with Gasteiger partial charge in [0.1, 0.15) is 11.6 Å². The van der Waals surface area contributed by atoms with E-state index >= 15 is 0 Å². The molecule has 4 rings (SSSR count). The molecule has 0 radical (unpaired) electrons. The van der Waals surface area contributed by atoms with Gasteiger partial charge in [-0.25, -0.2) is 4.98 Å². The molecule has 2 aromatic carbocycles. The van der Waals surface area contributed by atoms with E-state index in [9.17, 15) is 0 Å². The van der Waals surface area contributed by atoms with Gasteiger partial charge in [0.2, 0.25) is 0 Å². The quantitative estimate of drug-likeness (QED) is 0.616. The van der Waals surface area contributed by atoms with Crippen LogP contribution >= 0.6 is 0 Å². The van der Waals surface area contributed by atoms with Crippen LogP contribution < -0.4 is 10.1 Å². The highest BCUT2D eigenvalue weighted by Gasteiger charge is 2.22. The third-order valence-electron chi connectivity index (χ3n) is 5.33. The average Bonchev–Trinajstić information content (AvgIpc) is 3.27. The lowest BCUT2D eigenvalue weighted by Crippen LogP contribution is -2.42. The van der Waals surface area contributed by atoms with Gasteiger partial charge in [0.05, 0.1) is 38.8 Å². The first-order valence-corrected chi connectivity index (χ1v) is 10.1. The van der Waals surface area contributed by atoms with E-state index in [2.05, 4.69) is 44.5 Å². The highest BCUT2D eigenvalue weighted by atomic mass is 16.5. The lowest BCUT2D eigenvalue weighted by atomic mass is 10.0. The van der Waals surface area contributed by atoms with Gasteiger partial charge in [-0.2, -0.15) is 0 Å². The predicted molar refractivity (Wildman–Crippen MR) is 114 cm³/mol. The van der Waals surface area contributed by atoms with Crippen LogP contribution in [0.2, 0.25) is 0 Å². The summed E-state index contributed by atoms with van der Waals surface area (Å²) in [4.78, 5) is 10.4. The molecule has 2 N–H and O–H groups in total. The Kier molecular flexibility index (Phi) is 6.56. The number of aromatic nitrogens is 2. The zero-order valence-electron chi connectivity index (χ0n) is 16.8. The van der Waals surface area contributed by atoms with Crippen LogP contribution in [0.3, 0.4) is 0 Å². The Morgan fingerprint density at radius 2 is 1.86 bits per heavy atom. The topological polar surface area (TPSA) is 62.4 Å². The summed E-state index contributed by atoms with van der Waals surface area (Å²) in [7, 11) is 1.70. The molecule has 1 aromatic heterocycles. The molecule has 1 atom stereocenters. The van der Waals surface area contributed by atoms with Gasteiger partial charge in [0.25, 0.3) is 0 Å². The molecular formula is C23H28N4O2. The zero-order valence-corrected chi connectivity index (χ0v) is 16.8. The van der Waals surface area contributed by atoms with Crippen molar-refractivity contribution < 1.29 is 9.47 Å². The summed E-state index contributed by atoms with van der Waals surface area (Å²) >= 11 is 0. The van der Waals surface area contributed by atoms with Crippen molar-refractivity contribution in [2.45, 2.75) is 12.6 Å². The summed E-state index contributed by atoms with van der Waals surface area (Å²) in [6, 6.07) is 18.9. The highest BCUT2D eigenvalue weighted by Crippen LogP contribution is 2.24. The molecule has 6 heteroatoms. The highest BCUT2D eigenvalue weighted by molar-refractivity contribution is 5.57. The second-order valence-electron chi connectivity index (χ2n) is 7.18. The molecule has 0 amide bonds. The van der Waals surface area contributed by atoms with Crippen molar-refractivity contribution in [2.75, 3.05) is 40.0 Å². The van der Waals surface area contributed by atoms with Crippen molar-refractivity contribution in [1.29, 1.82) is 0 Å². The van der Waals surface area contributed by atoms with Crippen molar-refractivity contribution in [3.05, 3.63) is 72.2 Å². The summed E-state index contributed by atoms with van der Waals surface area (Å²) in [5.74, 6) is 1.82. The van der Waals surface area contributed by atoms with Crippen molar-refractivity contribution >= 4 is 0 Å². The SMILES string of the molecule is COc1ccc(C(CNCc2ncc(-c3ccccc3)[nH]2)N2CCOCC2)cc1. The van der Waals surface area contributed by atoms with Crippen LogP contribution in [0.15, 0.2) is 60.8 Å². The van der Waals surface area contributed by atoms with Crippen molar-refractivity contribution in [1.82, 2.24) is 20.2 Å². The number of ether oxygens (including phenoxy) is 2. The fourth-order valence-corrected chi connectivity index (χ4v) is 3.72. The van der Waals surface area contributed by atoms with Crippen LogP contribution in [0, 0.1) is 0 Å². The third-order valence-corrected chi connectivity index (χ3v) is 5.33. The molecule has 1 fully saturated rings. The average molecular weight is 393 g/mol. The fraction of sp³-hybridized carbons (Fsp3) is 0.348. The van der Waals surface area contributed by atoms with Crippen LogP contribution in [0.25, 0.3) is 11.3 Å². The maximum atomic E-state index is 5.54. The van der Waals surface area contributed by atoms with Crippen molar-refractivity contribution in [3.63, 3.8) is 0 Å². The van der Waals surface area contributed by atoms with E-state index in [0.717, 1.165) is 55.7 Å². The first kappa shape index (κ1) is 19.6. The summed E-state index contributed by atoms with van der Waals surface area (Å²) in [6.07, 6.45) is 1.90. The number of imidazole rings is 1. The monoisotopic (exact) mass is 392 g/mol.